The molecule has 1 saturated heterocycles. The topological polar surface area (TPSA) is 215 Å². The molecule has 19 nitrogen and oxygen atoms in total. The molecule has 0 aliphatic carbocycles. The standard InChI is InChI=1S/C84H75N7O12/c1-11-12-13-14-15-16-34-87-72(92)54-28-30-56-69-57(31-29-55(68(54)69)73(87)93)77(97)90(76(56)96)65-41-45(82(2,3)4)39-62-70(65)103-71-63(84(62,8)9)40-46(83(5,6)7)42-66(71)91-80(100)60-43-58-59(44-61(60)81(91)101)79(99)89(78(58)98)49-22-20-48(21-23-49)88-74(94)52-19-17-18-51-64(33-32-53(67(51)52)75(88)95)86-37-35-85(36-38-86)47-24-26-50(102-10)27-25-47/h17-33,39-44H,11-16,34-38H2,1-10H3. The van der Waals surface area contributed by atoms with Crippen molar-refractivity contribution < 1.29 is 38.2 Å². The quantitative estimate of drug-likeness (QED) is 0.0731. The van der Waals surface area contributed by atoms with Crippen LogP contribution >= 0.6 is 0 Å². The molecule has 103 heavy (non-hydrogen) atoms. The molecule has 0 N–H and O–H groups in total. The third-order valence-electron chi connectivity index (χ3n) is 21.8. The van der Waals surface area contributed by atoms with E-state index in [0.717, 1.165) is 97.8 Å². The Kier molecular flexibility index (Phi) is 15.2. The minimum absolute atomic E-state index is 0.0462. The summed E-state index contributed by atoms with van der Waals surface area (Å²) in [7, 11) is 1.64. The second kappa shape index (κ2) is 23.8. The zero-order valence-electron chi connectivity index (χ0n) is 59.1. The number of imide groups is 3. The normalized spacial score (nSPS) is 15.7. The highest BCUT2D eigenvalue weighted by Crippen LogP contribution is 2.56. The van der Waals surface area contributed by atoms with E-state index < -0.39 is 73.9 Å². The van der Waals surface area contributed by atoms with Crippen LogP contribution in [0.25, 0.3) is 54.5 Å². The third-order valence-corrected chi connectivity index (χ3v) is 21.8. The summed E-state index contributed by atoms with van der Waals surface area (Å²) < 4.78 is 14.4. The molecule has 11 aromatic rings. The predicted molar refractivity (Wildman–Crippen MR) is 400 cm³/mol. The van der Waals surface area contributed by atoms with E-state index in [9.17, 15) is 28.8 Å². The monoisotopic (exact) mass is 1370 g/mol. The number of piperazine rings is 1. The van der Waals surface area contributed by atoms with Gasteiger partial charge in [0.1, 0.15) is 5.75 Å². The van der Waals surface area contributed by atoms with Crippen LogP contribution in [0.3, 0.4) is 0 Å². The van der Waals surface area contributed by atoms with Crippen molar-refractivity contribution in [2.24, 2.45) is 0 Å². The van der Waals surface area contributed by atoms with E-state index in [-0.39, 0.29) is 95.4 Å². The molecule has 0 atom stereocenters. The first-order valence-electron chi connectivity index (χ1n) is 35.3. The summed E-state index contributed by atoms with van der Waals surface area (Å²) in [5, 5.41) is 1.28. The number of ether oxygens (including phenoxy) is 2. The highest BCUT2D eigenvalue weighted by Gasteiger charge is 2.46. The van der Waals surface area contributed by atoms with Gasteiger partial charge in [-0.15, -0.1) is 0 Å². The van der Waals surface area contributed by atoms with Gasteiger partial charge in [-0.05, 0) is 144 Å². The molecule has 16 rings (SSSR count). The molecular formula is C84H75N7O12. The molecule has 5 aliphatic heterocycles. The maximum absolute atomic E-state index is 15.5. The number of benzene rings is 9. The molecule has 0 saturated carbocycles. The van der Waals surface area contributed by atoms with Gasteiger partial charge in [-0.1, -0.05) is 119 Å². The maximum atomic E-state index is 15.5. The molecule has 2 aromatic heterocycles. The fourth-order valence-electron chi connectivity index (χ4n) is 16.0. The lowest BCUT2D eigenvalue weighted by Gasteiger charge is -2.40. The SMILES string of the molecule is CCCCCCCCN1C(=O)c2ccc3c4c(ccc(c24)C1=O)C(=O)N(c1cc(C(C)(C)C)cc2c1Oc1c(-n4c(=O)c5cc6c(=O)n(-c7ccc(N8C(=O)c9cccc%10c(N%11CCN(c%12ccc(OC)cc%12)CC%11)ccc(c9%10)C8=O)cc7)c(=O)c6cc5c4=O)cc(C(C)(C)C)cc1C2(C)C)C3=O. The molecule has 1 fully saturated rings. The average molecular weight is 1370 g/mol. The first-order chi connectivity index (χ1) is 49.2. The number of nitrogens with zero attached hydrogens (tertiary/aromatic N) is 7. The largest absolute Gasteiger partial charge is 0.497 e. The first-order valence-corrected chi connectivity index (χ1v) is 35.3. The van der Waals surface area contributed by atoms with Crippen LogP contribution in [0, 0.1) is 0 Å². The number of rotatable bonds is 14. The molecule has 6 amide bonds. The number of anilines is 4. The van der Waals surface area contributed by atoms with Crippen molar-refractivity contribution in [3.05, 3.63) is 237 Å². The van der Waals surface area contributed by atoms with E-state index in [1.165, 1.54) is 53.4 Å². The summed E-state index contributed by atoms with van der Waals surface area (Å²) in [6.07, 6.45) is 5.78. The Morgan fingerprint density at radius 1 is 0.408 bits per heavy atom. The van der Waals surface area contributed by atoms with Crippen molar-refractivity contribution in [3.8, 4) is 28.6 Å². The van der Waals surface area contributed by atoms with Gasteiger partial charge in [-0.25, -0.2) is 18.9 Å². The molecule has 0 unspecified atom stereocenters. The molecule has 5 aliphatic rings. The average Bonchev–Trinajstić information content (AvgIpc) is 1.08. The van der Waals surface area contributed by atoms with Gasteiger partial charge >= 0.3 is 0 Å². The van der Waals surface area contributed by atoms with Crippen LogP contribution in [0.1, 0.15) is 185 Å². The number of carbonyl (C=O) groups excluding carboxylic acids is 6. The van der Waals surface area contributed by atoms with Crippen molar-refractivity contribution in [2.75, 3.05) is 59.4 Å². The number of unbranched alkanes of at least 4 members (excludes halogenated alkanes) is 5. The maximum Gasteiger partial charge on any atom is 0.266 e. The molecular weight excluding hydrogens is 1300 g/mol. The molecule has 0 radical (unpaired) electrons. The van der Waals surface area contributed by atoms with E-state index in [1.807, 2.05) is 110 Å². The van der Waals surface area contributed by atoms with E-state index in [0.29, 0.717) is 47.2 Å². The second-order valence-electron chi connectivity index (χ2n) is 30.3. The molecule has 0 spiro atoms. The second-order valence-corrected chi connectivity index (χ2v) is 30.3. The summed E-state index contributed by atoms with van der Waals surface area (Å²) in [6.45, 7) is 21.3. The van der Waals surface area contributed by atoms with Crippen molar-refractivity contribution in [2.45, 2.75) is 117 Å². The summed E-state index contributed by atoms with van der Waals surface area (Å²) in [5.41, 5.74) is 1.20. The van der Waals surface area contributed by atoms with Gasteiger partial charge in [-0.3, -0.25) is 52.8 Å². The zero-order chi connectivity index (χ0) is 72.4. The zero-order valence-corrected chi connectivity index (χ0v) is 59.1. The van der Waals surface area contributed by atoms with E-state index in [4.69, 9.17) is 9.47 Å². The smallest absolute Gasteiger partial charge is 0.266 e. The highest BCUT2D eigenvalue weighted by molar-refractivity contribution is 6.40. The summed E-state index contributed by atoms with van der Waals surface area (Å²) >= 11 is 0. The number of hydrogen-bond acceptors (Lipinski definition) is 14. The Balaban J connectivity index is 0.728. The number of hydrogen-bond donors (Lipinski definition) is 0. The number of amides is 6. The van der Waals surface area contributed by atoms with Crippen molar-refractivity contribution in [1.82, 2.24) is 14.0 Å². The summed E-state index contributed by atoms with van der Waals surface area (Å²) in [4.78, 5) is 157. The van der Waals surface area contributed by atoms with E-state index in [2.05, 4.69) is 16.7 Å². The minimum atomic E-state index is -1.03. The number of aromatic nitrogens is 2. The van der Waals surface area contributed by atoms with Gasteiger partial charge in [-0.2, -0.15) is 0 Å². The Morgan fingerprint density at radius 3 is 1.38 bits per heavy atom. The van der Waals surface area contributed by atoms with E-state index in [1.54, 1.807) is 43.5 Å². The number of methoxy groups -OCH3 is 1. The van der Waals surface area contributed by atoms with Crippen LogP contribution in [0.2, 0.25) is 0 Å². The fourth-order valence-corrected chi connectivity index (χ4v) is 16.0. The van der Waals surface area contributed by atoms with Crippen LogP contribution in [-0.4, -0.2) is 89.3 Å². The number of carbonyl (C=O) groups is 6. The van der Waals surface area contributed by atoms with Crippen LogP contribution in [0.4, 0.5) is 22.7 Å². The summed E-state index contributed by atoms with van der Waals surface area (Å²) in [6, 6.07) is 39.2. The molecule has 7 heterocycles. The molecule has 0 bridgehead atoms. The first kappa shape index (κ1) is 66.0. The third kappa shape index (κ3) is 10.0. The van der Waals surface area contributed by atoms with E-state index >= 15 is 19.2 Å². The Bertz CT molecular complexity index is 5660. The van der Waals surface area contributed by atoms with Crippen molar-refractivity contribution in [1.29, 1.82) is 0 Å². The molecule has 19 heteroatoms. The van der Waals surface area contributed by atoms with Crippen LogP contribution in [-0.2, 0) is 16.2 Å². The predicted octanol–water partition coefficient (Wildman–Crippen LogP) is 14.1. The van der Waals surface area contributed by atoms with Gasteiger partial charge in [0.25, 0.3) is 57.7 Å². The van der Waals surface area contributed by atoms with Crippen molar-refractivity contribution >= 4 is 101 Å². The van der Waals surface area contributed by atoms with Gasteiger partial charge in [0, 0.05) is 116 Å². The van der Waals surface area contributed by atoms with Gasteiger partial charge < -0.3 is 19.3 Å². The minimum Gasteiger partial charge on any atom is -0.497 e. The fraction of sp³-hybridized carbons (Fsp3) is 0.286. The lowest BCUT2D eigenvalue weighted by atomic mass is 9.71. The molecule has 518 valence electrons. The van der Waals surface area contributed by atoms with Gasteiger partial charge in [0.05, 0.1) is 51.4 Å². The Labute approximate surface area is 592 Å². The highest BCUT2D eigenvalue weighted by atomic mass is 16.5. The summed E-state index contributed by atoms with van der Waals surface area (Å²) in [5.74, 6) is -2.49. The Hall–Kier alpha value is -11.6. The van der Waals surface area contributed by atoms with Crippen LogP contribution in [0.5, 0.6) is 17.2 Å². The lowest BCUT2D eigenvalue weighted by Crippen LogP contribution is -2.46. The van der Waals surface area contributed by atoms with Gasteiger partial charge in [0.2, 0.25) is 0 Å². The van der Waals surface area contributed by atoms with Crippen LogP contribution in [0.15, 0.2) is 159 Å². The number of fused-ring (bicyclic) bond motifs is 4. The van der Waals surface area contributed by atoms with Crippen LogP contribution < -0.4 is 51.3 Å². The Morgan fingerprint density at radius 2 is 0.845 bits per heavy atom. The van der Waals surface area contributed by atoms with Crippen molar-refractivity contribution in [3.63, 3.8) is 0 Å². The van der Waals surface area contributed by atoms with Gasteiger partial charge in [0.15, 0.2) is 11.5 Å². The molecule has 9 aromatic carbocycles. The lowest BCUT2D eigenvalue weighted by molar-refractivity contribution is 0.0605.